The van der Waals surface area contributed by atoms with Crippen molar-refractivity contribution in [3.05, 3.63) is 89.4 Å². The van der Waals surface area contributed by atoms with E-state index in [0.717, 1.165) is 24.0 Å². The summed E-state index contributed by atoms with van der Waals surface area (Å²) in [5.74, 6) is -1.14. The minimum Gasteiger partial charge on any atom is -0.459 e. The third-order valence-corrected chi connectivity index (χ3v) is 6.40. The van der Waals surface area contributed by atoms with E-state index in [0.29, 0.717) is 24.4 Å². The molecule has 0 spiro atoms. The van der Waals surface area contributed by atoms with E-state index in [2.05, 4.69) is 10.6 Å². The minimum absolute atomic E-state index is 0.0391. The van der Waals surface area contributed by atoms with E-state index < -0.39 is 17.9 Å². The van der Waals surface area contributed by atoms with Gasteiger partial charge in [0.2, 0.25) is 11.8 Å². The number of hydrogen-bond donors (Lipinski definition) is 2. The summed E-state index contributed by atoms with van der Waals surface area (Å²) in [7, 11) is 0. The number of benzene rings is 2. The maximum atomic E-state index is 13.7. The van der Waals surface area contributed by atoms with Crippen molar-refractivity contribution in [1.29, 1.82) is 0 Å². The fourth-order valence-corrected chi connectivity index (χ4v) is 4.32. The third-order valence-electron chi connectivity index (χ3n) is 6.40. The van der Waals surface area contributed by atoms with E-state index in [4.69, 9.17) is 9.15 Å². The smallest absolute Gasteiger partial charge is 0.287 e. The molecule has 1 aromatic heterocycles. The van der Waals surface area contributed by atoms with Crippen LogP contribution in [0.5, 0.6) is 0 Å². The van der Waals surface area contributed by atoms with Crippen LogP contribution in [0.25, 0.3) is 0 Å². The fraction of sp³-hybridized carbons (Fsp3) is 0.321. The van der Waals surface area contributed by atoms with Crippen molar-refractivity contribution in [3.63, 3.8) is 0 Å². The molecule has 3 amide bonds. The Morgan fingerprint density at radius 1 is 1.00 bits per heavy atom. The second kappa shape index (κ2) is 11.7. The molecule has 0 radical (unpaired) electrons. The number of hydrogen-bond acceptors (Lipinski definition) is 5. The summed E-state index contributed by atoms with van der Waals surface area (Å²) < 4.78 is 10.8. The summed E-state index contributed by atoms with van der Waals surface area (Å²) >= 11 is 0. The number of ether oxygens (including phenoxy) is 1. The van der Waals surface area contributed by atoms with Crippen LogP contribution < -0.4 is 15.5 Å². The Bertz CT molecular complexity index is 1190. The van der Waals surface area contributed by atoms with Crippen molar-refractivity contribution in [2.45, 2.75) is 38.8 Å². The van der Waals surface area contributed by atoms with E-state index in [-0.39, 0.29) is 24.3 Å². The molecule has 2 aromatic carbocycles. The number of carbonyl (C=O) groups excluding carboxylic acids is 3. The van der Waals surface area contributed by atoms with Crippen molar-refractivity contribution in [3.8, 4) is 0 Å². The van der Waals surface area contributed by atoms with E-state index >= 15 is 0 Å². The lowest BCUT2D eigenvalue weighted by molar-refractivity contribution is -0.126. The number of rotatable bonds is 9. The average Bonchev–Trinajstić information content (AvgIpc) is 3.61. The van der Waals surface area contributed by atoms with Crippen LogP contribution in [0.4, 0.5) is 5.69 Å². The molecule has 0 aliphatic carbocycles. The van der Waals surface area contributed by atoms with Crippen LogP contribution in [0.2, 0.25) is 0 Å². The van der Waals surface area contributed by atoms with Crippen LogP contribution in [0.1, 0.15) is 46.1 Å². The van der Waals surface area contributed by atoms with Gasteiger partial charge in [0, 0.05) is 18.8 Å². The standard InChI is InChI=1S/C28H31N3O5/c1-19-9-6-13-23(20(19)2)31(25(32)18-30-27(33)24-14-8-16-36-24)26(21-10-4-3-5-11-21)28(34)29-17-22-12-7-15-35-22/h3-6,8-11,13-14,16,22,26H,7,12,15,17-18H2,1-2H3,(H,29,34)(H,30,33)/t22-,26-/m1/s1. The Morgan fingerprint density at radius 2 is 1.81 bits per heavy atom. The van der Waals surface area contributed by atoms with Gasteiger partial charge < -0.3 is 19.8 Å². The van der Waals surface area contributed by atoms with E-state index in [1.807, 2.05) is 62.4 Å². The van der Waals surface area contributed by atoms with Gasteiger partial charge in [-0.15, -0.1) is 0 Å². The Morgan fingerprint density at radius 3 is 2.50 bits per heavy atom. The van der Waals surface area contributed by atoms with Gasteiger partial charge in [-0.05, 0) is 61.6 Å². The second-order valence-electron chi connectivity index (χ2n) is 8.84. The van der Waals surface area contributed by atoms with Gasteiger partial charge in [-0.3, -0.25) is 19.3 Å². The highest BCUT2D eigenvalue weighted by Gasteiger charge is 2.34. The average molecular weight is 490 g/mol. The number of nitrogens with one attached hydrogen (secondary N) is 2. The molecule has 8 nitrogen and oxygen atoms in total. The zero-order chi connectivity index (χ0) is 25.5. The lowest BCUT2D eigenvalue weighted by atomic mass is 10.00. The first-order valence-corrected chi connectivity index (χ1v) is 12.1. The molecule has 4 rings (SSSR count). The summed E-state index contributed by atoms with van der Waals surface area (Å²) in [6.45, 7) is 4.61. The Hall–Kier alpha value is -3.91. The van der Waals surface area contributed by atoms with Crippen LogP contribution >= 0.6 is 0 Å². The zero-order valence-electron chi connectivity index (χ0n) is 20.5. The number of aryl methyl sites for hydroxylation is 1. The maximum Gasteiger partial charge on any atom is 0.287 e. The maximum absolute atomic E-state index is 13.7. The molecule has 2 heterocycles. The molecule has 36 heavy (non-hydrogen) atoms. The van der Waals surface area contributed by atoms with Gasteiger partial charge in [-0.1, -0.05) is 42.5 Å². The van der Waals surface area contributed by atoms with Crippen molar-refractivity contribution >= 4 is 23.4 Å². The summed E-state index contributed by atoms with van der Waals surface area (Å²) in [4.78, 5) is 41.3. The van der Waals surface area contributed by atoms with Gasteiger partial charge in [0.05, 0.1) is 18.9 Å². The van der Waals surface area contributed by atoms with Gasteiger partial charge in [0.1, 0.15) is 6.04 Å². The molecule has 188 valence electrons. The molecule has 1 aliphatic heterocycles. The largest absolute Gasteiger partial charge is 0.459 e. The molecule has 2 atom stereocenters. The normalized spacial score (nSPS) is 15.8. The van der Waals surface area contributed by atoms with Crippen molar-refractivity contribution in [2.24, 2.45) is 0 Å². The van der Waals surface area contributed by atoms with E-state index in [1.165, 1.54) is 17.2 Å². The van der Waals surface area contributed by atoms with Gasteiger partial charge in [-0.25, -0.2) is 0 Å². The molecule has 0 bridgehead atoms. The molecule has 2 N–H and O–H groups in total. The Labute approximate surface area is 210 Å². The SMILES string of the molecule is Cc1cccc(N(C(=O)CNC(=O)c2ccco2)[C@@H](C(=O)NC[C@H]2CCCO2)c2ccccc2)c1C. The summed E-state index contributed by atoms with van der Waals surface area (Å²) in [6, 6.07) is 17.0. The lowest BCUT2D eigenvalue weighted by Crippen LogP contribution is -2.48. The monoisotopic (exact) mass is 489 g/mol. The van der Waals surface area contributed by atoms with Crippen LogP contribution in [-0.2, 0) is 14.3 Å². The lowest BCUT2D eigenvalue weighted by Gasteiger charge is -2.33. The first-order chi connectivity index (χ1) is 17.5. The molecule has 1 fully saturated rings. The molecule has 0 unspecified atom stereocenters. The predicted molar refractivity (Wildman–Crippen MR) is 136 cm³/mol. The summed E-state index contributed by atoms with van der Waals surface area (Å²) in [5, 5.41) is 5.61. The second-order valence-corrected chi connectivity index (χ2v) is 8.84. The van der Waals surface area contributed by atoms with Crippen LogP contribution in [-0.4, -0.2) is 43.5 Å². The third kappa shape index (κ3) is 5.83. The van der Waals surface area contributed by atoms with Crippen molar-refractivity contribution < 1.29 is 23.5 Å². The van der Waals surface area contributed by atoms with Crippen molar-refractivity contribution in [2.75, 3.05) is 24.6 Å². The highest BCUT2D eigenvalue weighted by Crippen LogP contribution is 2.32. The molecule has 0 saturated carbocycles. The van der Waals surface area contributed by atoms with Crippen LogP contribution in [0.3, 0.4) is 0 Å². The van der Waals surface area contributed by atoms with E-state index in [1.54, 1.807) is 6.07 Å². The molecule has 1 saturated heterocycles. The van der Waals surface area contributed by atoms with Gasteiger partial charge in [0.25, 0.3) is 5.91 Å². The highest BCUT2D eigenvalue weighted by atomic mass is 16.5. The number of amides is 3. The summed E-state index contributed by atoms with van der Waals surface area (Å²) in [6.07, 6.45) is 3.20. The van der Waals surface area contributed by atoms with Crippen LogP contribution in [0.15, 0.2) is 71.3 Å². The molecule has 8 heteroatoms. The minimum atomic E-state index is -0.943. The zero-order valence-corrected chi connectivity index (χ0v) is 20.5. The predicted octanol–water partition coefficient (Wildman–Crippen LogP) is 3.70. The highest BCUT2D eigenvalue weighted by molar-refractivity contribution is 6.04. The summed E-state index contributed by atoms with van der Waals surface area (Å²) in [5.41, 5.74) is 3.12. The number of furan rings is 1. The first kappa shape index (κ1) is 25.2. The molecule has 1 aliphatic rings. The molecule has 3 aromatic rings. The van der Waals surface area contributed by atoms with Gasteiger partial charge in [-0.2, -0.15) is 0 Å². The van der Waals surface area contributed by atoms with Gasteiger partial charge in [0.15, 0.2) is 5.76 Å². The number of nitrogens with zero attached hydrogens (tertiary/aromatic N) is 1. The quantitative estimate of drug-likeness (QED) is 0.477. The number of carbonyl (C=O) groups is 3. The molecular weight excluding hydrogens is 458 g/mol. The fourth-order valence-electron chi connectivity index (χ4n) is 4.32. The van der Waals surface area contributed by atoms with Gasteiger partial charge >= 0.3 is 0 Å². The first-order valence-electron chi connectivity index (χ1n) is 12.1. The molecular formula is C28H31N3O5. The van der Waals surface area contributed by atoms with E-state index in [9.17, 15) is 14.4 Å². The Kier molecular flexibility index (Phi) is 8.17. The van der Waals surface area contributed by atoms with Crippen molar-refractivity contribution in [1.82, 2.24) is 10.6 Å². The van der Waals surface area contributed by atoms with Crippen LogP contribution in [0, 0.1) is 13.8 Å². The Balaban J connectivity index is 1.67. The number of anilines is 1. The topological polar surface area (TPSA) is 101 Å².